The van der Waals surface area contributed by atoms with Crippen LogP contribution in [0.1, 0.15) is 117 Å². The first kappa shape index (κ1) is 57.9. The average molecular weight is 879 g/mol. The summed E-state index contributed by atoms with van der Waals surface area (Å²) >= 11 is 0. The van der Waals surface area contributed by atoms with Gasteiger partial charge >= 0.3 is 19.8 Å². The number of quaternary nitrogens is 1. The first-order valence-corrected chi connectivity index (χ1v) is 24.1. The van der Waals surface area contributed by atoms with E-state index < -0.39 is 32.5 Å². The highest BCUT2D eigenvalue weighted by atomic mass is 31.2. The van der Waals surface area contributed by atoms with Crippen molar-refractivity contribution in [3.63, 3.8) is 0 Å². The van der Waals surface area contributed by atoms with Crippen molar-refractivity contribution < 1.29 is 42.1 Å². The summed E-state index contributed by atoms with van der Waals surface area (Å²) in [5, 5.41) is 0. The number of phosphoric acid groups is 1. The standard InChI is InChI=1S/C52H80NO8P/c1-6-8-10-12-14-16-18-20-22-24-26-28-30-32-34-36-38-40-42-44-51(54)58-48-50(49-60-62(56,57)59-47-46-53(3,4)5)61-52(55)45-43-41-39-37-35-33-31-29-27-25-23-21-19-17-15-13-11-9-7-2/h8-11,14-17,20-23,26-29,32-35,38-41,50H,6-7,12-13,18-19,24-25,30-31,36-37,42-49H2,1-5H3/p+1/b10-8-,11-9-,16-14-,17-15-,22-20-,23-21-,28-26-,29-27-,34-32-,35-33-,40-38-,41-39-/t50-/m1/s1. The smallest absolute Gasteiger partial charge is 0.462 e. The zero-order chi connectivity index (χ0) is 45.7. The van der Waals surface area contributed by atoms with Crippen LogP contribution >= 0.6 is 7.82 Å². The van der Waals surface area contributed by atoms with Crippen molar-refractivity contribution in [1.82, 2.24) is 0 Å². The van der Waals surface area contributed by atoms with Crippen molar-refractivity contribution in [3.8, 4) is 0 Å². The molecule has 0 amide bonds. The van der Waals surface area contributed by atoms with Crippen LogP contribution in [0.2, 0.25) is 0 Å². The largest absolute Gasteiger partial charge is 0.472 e. The number of carbonyl (C=O) groups is 2. The number of likely N-dealkylation sites (N-methyl/N-ethyl adjacent to an activating group) is 1. The molecular weight excluding hydrogens is 798 g/mol. The molecule has 0 radical (unpaired) electrons. The van der Waals surface area contributed by atoms with Gasteiger partial charge in [-0.15, -0.1) is 0 Å². The summed E-state index contributed by atoms with van der Waals surface area (Å²) in [5.74, 6) is -1.01. The molecular formula is C52H81NO8P+. The first-order chi connectivity index (χ1) is 30.0. The van der Waals surface area contributed by atoms with Crippen LogP contribution in [0.4, 0.5) is 0 Å². The van der Waals surface area contributed by atoms with E-state index in [1.807, 2.05) is 45.4 Å². The van der Waals surface area contributed by atoms with E-state index >= 15 is 0 Å². The fourth-order valence-electron chi connectivity index (χ4n) is 4.95. The fourth-order valence-corrected chi connectivity index (χ4v) is 5.69. The molecule has 0 aromatic carbocycles. The molecule has 1 unspecified atom stereocenters. The molecule has 1 N–H and O–H groups in total. The molecule has 0 rings (SSSR count). The molecule has 0 aromatic heterocycles. The van der Waals surface area contributed by atoms with Gasteiger partial charge in [0.25, 0.3) is 0 Å². The summed E-state index contributed by atoms with van der Waals surface area (Å²) in [7, 11) is 1.36. The van der Waals surface area contributed by atoms with Gasteiger partial charge in [0, 0.05) is 12.8 Å². The van der Waals surface area contributed by atoms with E-state index in [-0.39, 0.29) is 26.1 Å². The molecule has 0 saturated heterocycles. The Kier molecular flexibility index (Phi) is 39.4. The maximum Gasteiger partial charge on any atom is 0.472 e. The van der Waals surface area contributed by atoms with Crippen molar-refractivity contribution in [3.05, 3.63) is 146 Å². The van der Waals surface area contributed by atoms with E-state index in [0.29, 0.717) is 23.9 Å². The van der Waals surface area contributed by atoms with Gasteiger partial charge in [0.05, 0.1) is 27.7 Å². The number of esters is 2. The zero-order valence-corrected chi connectivity index (χ0v) is 39.7. The van der Waals surface area contributed by atoms with Crippen LogP contribution in [-0.2, 0) is 32.7 Å². The van der Waals surface area contributed by atoms with Gasteiger partial charge in [-0.25, -0.2) is 4.57 Å². The minimum Gasteiger partial charge on any atom is -0.462 e. The molecule has 9 nitrogen and oxygen atoms in total. The quantitative estimate of drug-likeness (QED) is 0.0283. The minimum absolute atomic E-state index is 0.00271. The van der Waals surface area contributed by atoms with Gasteiger partial charge in [0.2, 0.25) is 0 Å². The van der Waals surface area contributed by atoms with Crippen LogP contribution in [0.5, 0.6) is 0 Å². The Hall–Kier alpha value is -4.11. The third kappa shape index (κ3) is 45.4. The van der Waals surface area contributed by atoms with E-state index in [2.05, 4.69) is 135 Å². The maximum atomic E-state index is 12.7. The van der Waals surface area contributed by atoms with Crippen molar-refractivity contribution >= 4 is 19.8 Å². The summed E-state index contributed by atoms with van der Waals surface area (Å²) in [6.07, 6.45) is 62.2. The Bertz CT molecular complexity index is 1550. The average Bonchev–Trinajstić information content (AvgIpc) is 3.23. The Balaban J connectivity index is 4.63. The first-order valence-electron chi connectivity index (χ1n) is 22.6. The molecule has 10 heteroatoms. The summed E-state index contributed by atoms with van der Waals surface area (Å²) in [6.45, 7) is 3.97. The molecule has 0 aromatic rings. The molecule has 346 valence electrons. The van der Waals surface area contributed by atoms with Crippen LogP contribution in [0, 0.1) is 0 Å². The van der Waals surface area contributed by atoms with Gasteiger partial charge in [-0.2, -0.15) is 0 Å². The van der Waals surface area contributed by atoms with Gasteiger partial charge in [-0.1, -0.05) is 160 Å². The lowest BCUT2D eigenvalue weighted by molar-refractivity contribution is -0.870. The number of allylic oxidation sites excluding steroid dienone is 24. The molecule has 0 aliphatic rings. The second-order valence-electron chi connectivity index (χ2n) is 15.3. The predicted octanol–water partition coefficient (Wildman–Crippen LogP) is 13.2. The normalized spacial score (nSPS) is 14.9. The van der Waals surface area contributed by atoms with E-state index in [1.165, 1.54) is 0 Å². The lowest BCUT2D eigenvalue weighted by Crippen LogP contribution is -2.37. The van der Waals surface area contributed by atoms with Crippen molar-refractivity contribution in [2.45, 2.75) is 123 Å². The fraction of sp³-hybridized carbons (Fsp3) is 0.500. The highest BCUT2D eigenvalue weighted by Crippen LogP contribution is 2.43. The summed E-state index contributed by atoms with van der Waals surface area (Å²) in [6, 6.07) is 0. The van der Waals surface area contributed by atoms with E-state index in [1.54, 1.807) is 0 Å². The lowest BCUT2D eigenvalue weighted by Gasteiger charge is -2.24. The third-order valence-corrected chi connectivity index (χ3v) is 9.38. The van der Waals surface area contributed by atoms with Crippen LogP contribution < -0.4 is 0 Å². The van der Waals surface area contributed by atoms with E-state index in [0.717, 1.165) is 77.0 Å². The minimum atomic E-state index is -4.43. The van der Waals surface area contributed by atoms with Crippen molar-refractivity contribution in [1.29, 1.82) is 0 Å². The van der Waals surface area contributed by atoms with E-state index in [9.17, 15) is 19.0 Å². The SMILES string of the molecule is CC/C=C\C/C=C\C/C=C\C/C=C\C/C=C\C/C=C\CCC(=O)OC[C@H](COP(=O)(O)OCC[N+](C)(C)C)OC(=O)CC/C=C\C/C=C\C/C=C\C/C=C\C/C=C\C/C=C\CC. The van der Waals surface area contributed by atoms with Crippen LogP contribution in [0.3, 0.4) is 0 Å². The van der Waals surface area contributed by atoms with Crippen LogP contribution in [-0.4, -0.2) is 74.9 Å². The predicted molar refractivity (Wildman–Crippen MR) is 260 cm³/mol. The Morgan fingerprint density at radius 3 is 1.15 bits per heavy atom. The molecule has 0 aliphatic heterocycles. The maximum absolute atomic E-state index is 12.7. The third-order valence-electron chi connectivity index (χ3n) is 8.39. The molecule has 0 heterocycles. The van der Waals surface area contributed by atoms with Gasteiger partial charge < -0.3 is 18.9 Å². The topological polar surface area (TPSA) is 108 Å². The molecule has 0 saturated carbocycles. The Labute approximate surface area is 376 Å². The van der Waals surface area contributed by atoms with Gasteiger partial charge in [0.15, 0.2) is 6.10 Å². The lowest BCUT2D eigenvalue weighted by atomic mass is 10.2. The number of nitrogens with zero attached hydrogens (tertiary/aromatic N) is 1. The number of hydrogen-bond donors (Lipinski definition) is 1. The second kappa shape index (κ2) is 42.2. The summed E-state index contributed by atoms with van der Waals surface area (Å²) in [4.78, 5) is 35.3. The van der Waals surface area contributed by atoms with Crippen molar-refractivity contribution in [2.24, 2.45) is 0 Å². The van der Waals surface area contributed by atoms with Crippen LogP contribution in [0.25, 0.3) is 0 Å². The number of rotatable bonds is 38. The zero-order valence-electron chi connectivity index (χ0n) is 38.8. The number of phosphoric ester groups is 1. The van der Waals surface area contributed by atoms with Gasteiger partial charge in [-0.05, 0) is 89.9 Å². The number of hydrogen-bond acceptors (Lipinski definition) is 7. The molecule has 2 atom stereocenters. The highest BCUT2D eigenvalue weighted by Gasteiger charge is 2.27. The highest BCUT2D eigenvalue weighted by molar-refractivity contribution is 7.47. The second-order valence-corrected chi connectivity index (χ2v) is 16.8. The molecule has 0 spiro atoms. The molecule has 0 bridgehead atoms. The summed E-state index contributed by atoms with van der Waals surface area (Å²) < 4.78 is 34.1. The number of carbonyl (C=O) groups excluding carboxylic acids is 2. The molecule has 62 heavy (non-hydrogen) atoms. The monoisotopic (exact) mass is 879 g/mol. The van der Waals surface area contributed by atoms with E-state index in [4.69, 9.17) is 18.5 Å². The van der Waals surface area contributed by atoms with Crippen molar-refractivity contribution in [2.75, 3.05) is 47.5 Å². The molecule has 0 aliphatic carbocycles. The van der Waals surface area contributed by atoms with Gasteiger partial charge in [-0.3, -0.25) is 18.6 Å². The van der Waals surface area contributed by atoms with Gasteiger partial charge in [0.1, 0.15) is 19.8 Å². The Morgan fingerprint density at radius 1 is 0.484 bits per heavy atom. The Morgan fingerprint density at radius 2 is 0.806 bits per heavy atom. The molecule has 0 fully saturated rings. The number of ether oxygens (including phenoxy) is 2. The summed E-state index contributed by atoms with van der Waals surface area (Å²) in [5.41, 5.74) is 0. The van der Waals surface area contributed by atoms with Crippen LogP contribution in [0.15, 0.2) is 146 Å².